The summed E-state index contributed by atoms with van der Waals surface area (Å²) < 4.78 is 13.1. The Hall–Kier alpha value is -6.20. The second-order valence-corrected chi connectivity index (χ2v) is 26.0. The fourth-order valence-electron chi connectivity index (χ4n) is 15.0. The van der Waals surface area contributed by atoms with Gasteiger partial charge in [-0.25, -0.2) is 30.6 Å². The zero-order chi connectivity index (χ0) is 62.4. The van der Waals surface area contributed by atoms with E-state index in [-0.39, 0.29) is 44.7 Å². The van der Waals surface area contributed by atoms with E-state index >= 15 is 0 Å². The van der Waals surface area contributed by atoms with Crippen LogP contribution in [0.1, 0.15) is 304 Å². The number of carbonyl (C=O) groups is 2. The third-order valence-electron chi connectivity index (χ3n) is 19.5. The van der Waals surface area contributed by atoms with Crippen molar-refractivity contribution >= 4 is 25.8 Å². The Morgan fingerprint density at radius 1 is 0.356 bits per heavy atom. The van der Waals surface area contributed by atoms with Crippen LogP contribution in [0.5, 0.6) is 0 Å². The molecule has 6 aromatic rings. The number of hydrogen-bond acceptors (Lipinski definition) is 12. The summed E-state index contributed by atoms with van der Waals surface area (Å²) >= 11 is 0. The van der Waals surface area contributed by atoms with Crippen LogP contribution in [0, 0.1) is 22.7 Å². The van der Waals surface area contributed by atoms with E-state index in [2.05, 4.69) is 101 Å². The van der Waals surface area contributed by atoms with Crippen LogP contribution in [0.4, 0.5) is 0 Å². The van der Waals surface area contributed by atoms with Gasteiger partial charge in [-0.2, -0.15) is 10.5 Å². The molecule has 0 amide bonds. The summed E-state index contributed by atoms with van der Waals surface area (Å²) in [6.45, 7) is 7.48. The molecule has 18 nitrogen and oxygen atoms in total. The smallest absolute Gasteiger partial charge is 0.875 e. The first kappa shape index (κ1) is 72.9. The zero-order valence-electron chi connectivity index (χ0n) is 54.6. The Bertz CT molecular complexity index is 2780. The van der Waals surface area contributed by atoms with E-state index in [1.165, 1.54) is 241 Å². The molecule has 22 heteroatoms. The van der Waals surface area contributed by atoms with Gasteiger partial charge in [0.1, 0.15) is 0 Å². The van der Waals surface area contributed by atoms with Crippen molar-refractivity contribution in [3.05, 3.63) is 130 Å². The summed E-state index contributed by atoms with van der Waals surface area (Å²) in [6, 6.07) is 17.0. The maximum absolute atomic E-state index is 11.1. The van der Waals surface area contributed by atoms with E-state index in [4.69, 9.17) is 41.1 Å². The molecule has 90 heavy (non-hydrogen) atoms. The minimum absolute atomic E-state index is 0. The maximum Gasteiger partial charge on any atom is 2.00 e. The van der Waals surface area contributed by atoms with Gasteiger partial charge in [0.25, 0.3) is 0 Å². The van der Waals surface area contributed by atoms with E-state index in [1.54, 1.807) is 12.1 Å². The molecule has 6 saturated carbocycles. The molecule has 0 aliphatic heterocycles. The first-order valence-electron chi connectivity index (χ1n) is 33.9. The molecule has 6 fully saturated rings. The molecular formula is C68H98B2Co2N14O4. The standard InChI is InChI=1S/2C27H40BN6.C10H14O4.2C2H3N.2Co/c2*1-4-10-22(11-5-1)25-16-19-32(29-25)28(33-20-17-26(30-33)23-12-6-2-7-13-23)34-21-18-27(31-34)24-14-8-3-9-15-24;1-5(11)9(6(2)12)10(7(3)13)8(4)14;2*1-2-3;;/h2*16-24,28H,1-15H2;11,13H,1-4H3;2*1H3;;/q2*-1;;;;2*+2/p-2/b;;9-5+,10-7+;;;;. The van der Waals surface area contributed by atoms with E-state index in [1.807, 2.05) is 0 Å². The predicted octanol–water partition coefficient (Wildman–Crippen LogP) is 12.6. The number of allylic oxidation sites excluding steroid dienone is 4. The fourth-order valence-corrected chi connectivity index (χ4v) is 15.0. The topological polar surface area (TPSA) is 235 Å². The molecule has 6 aromatic heterocycles. The first-order chi connectivity index (χ1) is 42.8. The molecule has 12 rings (SSSR count). The summed E-state index contributed by atoms with van der Waals surface area (Å²) in [6.07, 6.45) is 52.7. The first-order valence-corrected chi connectivity index (χ1v) is 33.9. The van der Waals surface area contributed by atoms with Crippen molar-refractivity contribution in [3.63, 3.8) is 0 Å². The average Bonchev–Trinajstić information content (AvgIpc) is 1.95. The fraction of sp³-hybridized carbons (Fsp3) is 0.618. The monoisotopic (exact) mass is 1310 g/mol. The van der Waals surface area contributed by atoms with Gasteiger partial charge in [0.05, 0.1) is 46.3 Å². The van der Waals surface area contributed by atoms with Crippen LogP contribution in [-0.2, 0) is 43.1 Å². The molecule has 6 heterocycles. The summed E-state index contributed by atoms with van der Waals surface area (Å²) in [5.74, 6) is 1.44. The molecule has 0 atom stereocenters. The van der Waals surface area contributed by atoms with Gasteiger partial charge in [-0.05, 0) is 164 Å². The summed E-state index contributed by atoms with van der Waals surface area (Å²) in [5.41, 5.74) is 6.96. The van der Waals surface area contributed by atoms with Crippen LogP contribution in [0.3, 0.4) is 0 Å². The second-order valence-electron chi connectivity index (χ2n) is 26.0. The number of rotatable bonds is 15. The van der Waals surface area contributed by atoms with E-state index in [0.717, 1.165) is 27.7 Å². The Balaban J connectivity index is 0.000000218. The molecule has 6 aliphatic rings. The molecule has 0 spiro atoms. The Morgan fingerprint density at radius 3 is 0.622 bits per heavy atom. The zero-order valence-corrected chi connectivity index (χ0v) is 56.7. The van der Waals surface area contributed by atoms with E-state index < -0.39 is 37.3 Å². The number of Topliss-reactive ketones (excluding diaryl/α,β-unsaturated/α-hetero) is 2. The Kier molecular flexibility index (Phi) is 30.2. The SMILES string of the molecule is CC#N.CC#N.CC(=O)C(=C(/C)[O-])/C(C(C)=O)=C(\C)[O-].[Co+2].[Co+2].c1cn([BH-](n2ccc(C3CCCCC3)n2)n2ccc(C3CCCCC3)n2)nc1C1CCCCC1.c1cn([BH-](n2ccc(C3CCCCC3)n2)n2ccc(C3CCCCC3)n2)nc1C1CCCCC1. The van der Waals surface area contributed by atoms with Crippen molar-refractivity contribution in [2.24, 2.45) is 0 Å². The van der Waals surface area contributed by atoms with Crippen molar-refractivity contribution in [1.29, 1.82) is 10.5 Å². The third-order valence-corrected chi connectivity index (χ3v) is 19.5. The van der Waals surface area contributed by atoms with E-state index in [9.17, 15) is 19.8 Å². The third kappa shape index (κ3) is 19.9. The van der Waals surface area contributed by atoms with Crippen LogP contribution in [0.2, 0.25) is 0 Å². The van der Waals surface area contributed by atoms with Crippen LogP contribution < -0.4 is 10.2 Å². The molecule has 488 valence electrons. The minimum atomic E-state index is -1.27. The average molecular weight is 1320 g/mol. The van der Waals surface area contributed by atoms with Gasteiger partial charge in [-0.3, -0.25) is 9.59 Å². The largest absolute Gasteiger partial charge is 2.00 e. The molecule has 2 radical (unpaired) electrons. The number of aromatic nitrogens is 12. The van der Waals surface area contributed by atoms with Gasteiger partial charge in [0, 0.05) is 60.5 Å². The molecule has 0 saturated heterocycles. The van der Waals surface area contributed by atoms with Gasteiger partial charge < -0.3 is 37.8 Å². The van der Waals surface area contributed by atoms with Gasteiger partial charge >= 0.3 is 47.8 Å². The van der Waals surface area contributed by atoms with Crippen LogP contribution in [-0.4, -0.2) is 84.0 Å². The van der Waals surface area contributed by atoms with Crippen molar-refractivity contribution < 1.29 is 53.4 Å². The number of nitriles is 2. The van der Waals surface area contributed by atoms with Gasteiger partial charge in [-0.1, -0.05) is 129 Å². The molecule has 6 aliphatic carbocycles. The van der Waals surface area contributed by atoms with Gasteiger partial charge in [0.2, 0.25) is 0 Å². The quantitative estimate of drug-likeness (QED) is 0.0404. The van der Waals surface area contributed by atoms with Gasteiger partial charge in [-0.15, -0.1) is 11.5 Å². The van der Waals surface area contributed by atoms with Crippen LogP contribution in [0.15, 0.2) is 96.2 Å². The number of carbonyl (C=O) groups excluding carboxylic acids is 2. The molecule has 0 N–H and O–H groups in total. The van der Waals surface area contributed by atoms with Crippen molar-refractivity contribution in [3.8, 4) is 12.1 Å². The second kappa shape index (κ2) is 37.3. The molecule has 0 unspecified atom stereocenters. The minimum Gasteiger partial charge on any atom is -0.875 e. The predicted molar refractivity (Wildman–Crippen MR) is 344 cm³/mol. The summed E-state index contributed by atoms with van der Waals surface area (Å²) in [5, 5.41) is 67.7. The Morgan fingerprint density at radius 2 is 0.500 bits per heavy atom. The van der Waals surface area contributed by atoms with Crippen molar-refractivity contribution in [1.82, 2.24) is 58.1 Å². The number of nitrogens with zero attached hydrogens (tertiary/aromatic N) is 14. The number of ketones is 2. The van der Waals surface area contributed by atoms with Crippen LogP contribution in [0.25, 0.3) is 0 Å². The van der Waals surface area contributed by atoms with Crippen molar-refractivity contribution in [2.45, 2.75) is 270 Å². The Labute approximate surface area is 556 Å². The number of hydrogen-bond donors (Lipinski definition) is 0. The van der Waals surface area contributed by atoms with Crippen molar-refractivity contribution in [2.75, 3.05) is 0 Å². The molecule has 0 aromatic carbocycles. The summed E-state index contributed by atoms with van der Waals surface area (Å²) in [4.78, 5) is 22.1. The van der Waals surface area contributed by atoms with E-state index in [0.29, 0.717) is 35.5 Å². The molecule has 0 bridgehead atoms. The maximum atomic E-state index is 11.1. The van der Waals surface area contributed by atoms with Crippen LogP contribution >= 0.6 is 0 Å². The normalized spacial score (nSPS) is 18.6. The molecular weight excluding hydrogens is 1220 g/mol. The van der Waals surface area contributed by atoms with Gasteiger partial charge in [0.15, 0.2) is 11.6 Å². The summed E-state index contributed by atoms with van der Waals surface area (Å²) in [7, 11) is -2.54.